The lowest BCUT2D eigenvalue weighted by atomic mass is 10.1. The van der Waals surface area contributed by atoms with Crippen molar-refractivity contribution in [2.24, 2.45) is 0 Å². The van der Waals surface area contributed by atoms with Gasteiger partial charge in [0.25, 0.3) is 5.91 Å². The highest BCUT2D eigenvalue weighted by Gasteiger charge is 2.14. The maximum absolute atomic E-state index is 12.5. The molecule has 0 atom stereocenters. The highest BCUT2D eigenvalue weighted by molar-refractivity contribution is 7.14. The number of para-hydroxylation sites is 1. The van der Waals surface area contributed by atoms with Gasteiger partial charge in [-0.1, -0.05) is 18.2 Å². The zero-order valence-corrected chi connectivity index (χ0v) is 16.4. The van der Waals surface area contributed by atoms with Gasteiger partial charge in [-0.3, -0.25) is 4.79 Å². The van der Waals surface area contributed by atoms with Crippen molar-refractivity contribution >= 4 is 33.8 Å². The summed E-state index contributed by atoms with van der Waals surface area (Å²) in [6, 6.07) is 11.4. The summed E-state index contributed by atoms with van der Waals surface area (Å²) in [5, 5.41) is 8.48. The first-order chi connectivity index (χ1) is 13.0. The lowest BCUT2D eigenvalue weighted by Gasteiger charge is -2.10. The smallest absolute Gasteiger partial charge is 0.275 e. The number of anilines is 3. The molecule has 0 aliphatic carbocycles. The van der Waals surface area contributed by atoms with Crippen LogP contribution in [-0.2, 0) is 0 Å². The average Bonchev–Trinajstić information content (AvgIpc) is 3.13. The standard InChI is InChI=1S/C20H21N3O3S/c1-12-6-5-7-13(2)18(12)23-19(24)15-11-27-20(22-15)21-14-8-9-16(25-3)17(10-14)26-4/h5-11H,1-4H3,(H,21,22)(H,23,24). The number of ether oxygens (including phenoxy) is 2. The lowest BCUT2D eigenvalue weighted by Crippen LogP contribution is -2.14. The van der Waals surface area contributed by atoms with Gasteiger partial charge >= 0.3 is 0 Å². The summed E-state index contributed by atoms with van der Waals surface area (Å²) in [6.07, 6.45) is 0. The van der Waals surface area contributed by atoms with E-state index in [1.165, 1.54) is 11.3 Å². The number of carbonyl (C=O) groups is 1. The van der Waals surface area contributed by atoms with Gasteiger partial charge < -0.3 is 20.1 Å². The third-order valence-corrected chi connectivity index (χ3v) is 4.85. The van der Waals surface area contributed by atoms with E-state index in [4.69, 9.17) is 9.47 Å². The molecule has 7 heteroatoms. The molecular weight excluding hydrogens is 362 g/mol. The van der Waals surface area contributed by atoms with Crippen LogP contribution in [-0.4, -0.2) is 25.1 Å². The Kier molecular flexibility index (Phi) is 5.61. The predicted molar refractivity (Wildman–Crippen MR) is 109 cm³/mol. The summed E-state index contributed by atoms with van der Waals surface area (Å²) in [5.74, 6) is 1.03. The van der Waals surface area contributed by atoms with Gasteiger partial charge in [-0.25, -0.2) is 4.98 Å². The van der Waals surface area contributed by atoms with Gasteiger partial charge in [0, 0.05) is 22.8 Å². The molecule has 0 saturated heterocycles. The summed E-state index contributed by atoms with van der Waals surface area (Å²) in [6.45, 7) is 3.93. The number of nitrogens with zero attached hydrogens (tertiary/aromatic N) is 1. The molecule has 0 saturated carbocycles. The molecule has 3 aromatic rings. The van der Waals surface area contributed by atoms with Gasteiger partial charge in [0.05, 0.1) is 14.2 Å². The molecule has 1 heterocycles. The van der Waals surface area contributed by atoms with Crippen molar-refractivity contribution in [3.05, 3.63) is 58.6 Å². The van der Waals surface area contributed by atoms with Crippen LogP contribution in [0.5, 0.6) is 11.5 Å². The molecule has 140 valence electrons. The van der Waals surface area contributed by atoms with Crippen LogP contribution in [0.1, 0.15) is 21.6 Å². The summed E-state index contributed by atoms with van der Waals surface area (Å²) in [7, 11) is 3.17. The van der Waals surface area contributed by atoms with Crippen LogP contribution in [0, 0.1) is 13.8 Å². The number of carbonyl (C=O) groups excluding carboxylic acids is 1. The number of nitrogens with one attached hydrogen (secondary N) is 2. The van der Waals surface area contributed by atoms with Crippen LogP contribution in [0.4, 0.5) is 16.5 Å². The fourth-order valence-corrected chi connectivity index (χ4v) is 3.37. The molecule has 2 N–H and O–H groups in total. The molecule has 0 spiro atoms. The van der Waals surface area contributed by atoms with Gasteiger partial charge in [0.2, 0.25) is 0 Å². The average molecular weight is 383 g/mol. The predicted octanol–water partition coefficient (Wildman–Crippen LogP) is 4.77. The van der Waals surface area contributed by atoms with Crippen molar-refractivity contribution in [1.82, 2.24) is 4.98 Å². The van der Waals surface area contributed by atoms with Gasteiger partial charge in [-0.05, 0) is 37.1 Å². The van der Waals surface area contributed by atoms with E-state index < -0.39 is 0 Å². The van der Waals surface area contributed by atoms with E-state index in [2.05, 4.69) is 15.6 Å². The summed E-state index contributed by atoms with van der Waals surface area (Å²) in [5.41, 5.74) is 4.02. The van der Waals surface area contributed by atoms with Gasteiger partial charge in [0.1, 0.15) is 5.69 Å². The Morgan fingerprint density at radius 1 is 1.04 bits per heavy atom. The van der Waals surface area contributed by atoms with E-state index in [1.54, 1.807) is 19.6 Å². The number of thiazole rings is 1. The Labute approximate surface area is 162 Å². The largest absolute Gasteiger partial charge is 0.493 e. The number of rotatable bonds is 6. The van der Waals surface area contributed by atoms with Crippen molar-refractivity contribution in [3.8, 4) is 11.5 Å². The minimum absolute atomic E-state index is 0.232. The topological polar surface area (TPSA) is 72.5 Å². The Bertz CT molecular complexity index is 949. The molecule has 0 radical (unpaired) electrons. The summed E-state index contributed by atoms with van der Waals surface area (Å²) >= 11 is 1.36. The second-order valence-corrected chi connectivity index (χ2v) is 6.81. The highest BCUT2D eigenvalue weighted by Crippen LogP contribution is 2.32. The number of benzene rings is 2. The number of amides is 1. The summed E-state index contributed by atoms with van der Waals surface area (Å²) in [4.78, 5) is 16.9. The number of methoxy groups -OCH3 is 2. The highest BCUT2D eigenvalue weighted by atomic mass is 32.1. The summed E-state index contributed by atoms with van der Waals surface area (Å²) < 4.78 is 10.5. The molecule has 0 bridgehead atoms. The second kappa shape index (κ2) is 8.09. The quantitative estimate of drug-likeness (QED) is 0.641. The van der Waals surface area contributed by atoms with Gasteiger partial charge in [0.15, 0.2) is 16.6 Å². The Morgan fingerprint density at radius 3 is 2.41 bits per heavy atom. The molecule has 0 fully saturated rings. The minimum atomic E-state index is -0.232. The maximum atomic E-state index is 12.5. The Morgan fingerprint density at radius 2 is 1.74 bits per heavy atom. The van der Waals surface area contributed by atoms with Crippen LogP contribution < -0.4 is 20.1 Å². The number of aromatic nitrogens is 1. The minimum Gasteiger partial charge on any atom is -0.493 e. The molecule has 2 aromatic carbocycles. The number of hydrogen-bond acceptors (Lipinski definition) is 6. The first-order valence-electron chi connectivity index (χ1n) is 8.34. The lowest BCUT2D eigenvalue weighted by molar-refractivity contribution is 0.102. The Hall–Kier alpha value is -3.06. The van der Waals surface area contributed by atoms with Crippen LogP contribution in [0.25, 0.3) is 0 Å². The molecule has 1 aromatic heterocycles. The molecule has 0 aliphatic rings. The number of aryl methyl sites for hydroxylation is 2. The molecule has 3 rings (SSSR count). The van der Waals surface area contributed by atoms with Crippen molar-refractivity contribution in [2.75, 3.05) is 24.9 Å². The van der Waals surface area contributed by atoms with E-state index >= 15 is 0 Å². The van der Waals surface area contributed by atoms with Crippen molar-refractivity contribution in [3.63, 3.8) is 0 Å². The molecular formula is C20H21N3O3S. The molecule has 27 heavy (non-hydrogen) atoms. The van der Waals surface area contributed by atoms with E-state index in [1.807, 2.05) is 50.2 Å². The third-order valence-electron chi connectivity index (χ3n) is 4.09. The van der Waals surface area contributed by atoms with Crippen molar-refractivity contribution in [2.45, 2.75) is 13.8 Å². The Balaban J connectivity index is 1.74. The van der Waals surface area contributed by atoms with Crippen LogP contribution in [0.2, 0.25) is 0 Å². The van der Waals surface area contributed by atoms with Crippen molar-refractivity contribution in [1.29, 1.82) is 0 Å². The van der Waals surface area contributed by atoms with E-state index in [9.17, 15) is 4.79 Å². The van der Waals surface area contributed by atoms with Crippen LogP contribution in [0.3, 0.4) is 0 Å². The monoisotopic (exact) mass is 383 g/mol. The van der Waals surface area contributed by atoms with Crippen LogP contribution in [0.15, 0.2) is 41.8 Å². The van der Waals surface area contributed by atoms with Crippen LogP contribution >= 0.6 is 11.3 Å². The molecule has 0 unspecified atom stereocenters. The second-order valence-electron chi connectivity index (χ2n) is 5.95. The van der Waals surface area contributed by atoms with Gasteiger partial charge in [-0.15, -0.1) is 11.3 Å². The fraction of sp³-hybridized carbons (Fsp3) is 0.200. The van der Waals surface area contributed by atoms with E-state index in [0.717, 1.165) is 22.5 Å². The zero-order valence-electron chi connectivity index (χ0n) is 15.6. The molecule has 6 nitrogen and oxygen atoms in total. The first-order valence-corrected chi connectivity index (χ1v) is 9.22. The third kappa shape index (κ3) is 4.20. The maximum Gasteiger partial charge on any atom is 0.275 e. The van der Waals surface area contributed by atoms with Crippen molar-refractivity contribution < 1.29 is 14.3 Å². The van der Waals surface area contributed by atoms with E-state index in [-0.39, 0.29) is 5.91 Å². The van der Waals surface area contributed by atoms with Gasteiger partial charge in [-0.2, -0.15) is 0 Å². The SMILES string of the molecule is COc1ccc(Nc2nc(C(=O)Nc3c(C)cccc3C)cs2)cc1OC. The fourth-order valence-electron chi connectivity index (χ4n) is 2.66. The molecule has 0 aliphatic heterocycles. The normalized spacial score (nSPS) is 10.4. The number of hydrogen-bond donors (Lipinski definition) is 2. The van der Waals surface area contributed by atoms with E-state index in [0.29, 0.717) is 22.3 Å². The first kappa shape index (κ1) is 18.7. The molecule has 1 amide bonds. The zero-order chi connectivity index (χ0) is 19.4.